The second kappa shape index (κ2) is 10.3. The number of hydrogen-bond donors (Lipinski definition) is 3. The van der Waals surface area contributed by atoms with Crippen molar-refractivity contribution in [1.82, 2.24) is 15.2 Å². The molecule has 0 unspecified atom stereocenters. The summed E-state index contributed by atoms with van der Waals surface area (Å²) < 4.78 is 40.5. The SMILES string of the molecule is COCCc1nnc(-c2ccc(Nc3sc(-c4c(F)cc(C(C)(C)O)cc4F)cc3C(N)=O)nc2C)o1. The number of aromatic nitrogens is 3. The summed E-state index contributed by atoms with van der Waals surface area (Å²) in [5.74, 6) is -1.41. The quantitative estimate of drug-likeness (QED) is 0.284. The largest absolute Gasteiger partial charge is 0.421 e. The van der Waals surface area contributed by atoms with Crippen LogP contribution in [0, 0.1) is 18.6 Å². The molecule has 4 rings (SSSR count). The van der Waals surface area contributed by atoms with Gasteiger partial charge in [0.1, 0.15) is 22.5 Å². The first kappa shape index (κ1) is 26.3. The number of nitrogens with one attached hydrogen (secondary N) is 1. The van der Waals surface area contributed by atoms with Crippen LogP contribution in [0.25, 0.3) is 21.9 Å². The van der Waals surface area contributed by atoms with E-state index in [-0.39, 0.29) is 26.6 Å². The number of halogens is 2. The number of carbonyl (C=O) groups is 1. The van der Waals surface area contributed by atoms with Gasteiger partial charge in [0, 0.05) is 18.4 Å². The van der Waals surface area contributed by atoms with Gasteiger partial charge in [-0.1, -0.05) is 0 Å². The Balaban J connectivity index is 1.64. The highest BCUT2D eigenvalue weighted by Crippen LogP contribution is 2.40. The molecule has 0 radical (unpaired) electrons. The van der Waals surface area contributed by atoms with Crippen LogP contribution in [0.4, 0.5) is 19.6 Å². The van der Waals surface area contributed by atoms with Gasteiger partial charge in [0.05, 0.1) is 34.6 Å². The van der Waals surface area contributed by atoms with Crippen molar-refractivity contribution in [3.63, 3.8) is 0 Å². The third-order valence-electron chi connectivity index (χ3n) is 5.54. The summed E-state index contributed by atoms with van der Waals surface area (Å²) in [6, 6.07) is 6.83. The highest BCUT2D eigenvalue weighted by molar-refractivity contribution is 7.20. The van der Waals surface area contributed by atoms with Crippen LogP contribution in [-0.4, -0.2) is 39.9 Å². The molecule has 12 heteroatoms. The number of hydrogen-bond acceptors (Lipinski definition) is 9. The van der Waals surface area contributed by atoms with Crippen molar-refractivity contribution in [3.05, 3.63) is 64.7 Å². The summed E-state index contributed by atoms with van der Waals surface area (Å²) in [5, 5.41) is 21.4. The van der Waals surface area contributed by atoms with E-state index in [4.69, 9.17) is 14.9 Å². The molecule has 1 amide bonds. The normalized spacial score (nSPS) is 11.6. The van der Waals surface area contributed by atoms with Crippen molar-refractivity contribution < 1.29 is 27.8 Å². The standard InChI is InChI=1S/C25H25F2N5O4S/c1-12-14(23-32-31-20(36-23)7-8-35-4)5-6-19(29-12)30-24-15(22(28)33)11-18(37-24)21-16(26)9-13(10-17(21)27)25(2,3)34/h5-6,9-11,34H,7-8H2,1-4H3,(H2,28,33)(H,29,30). The van der Waals surface area contributed by atoms with E-state index in [0.717, 1.165) is 23.5 Å². The fourth-order valence-electron chi connectivity index (χ4n) is 3.58. The van der Waals surface area contributed by atoms with Gasteiger partial charge < -0.3 is 25.3 Å². The van der Waals surface area contributed by atoms with Gasteiger partial charge in [0.25, 0.3) is 5.91 Å². The van der Waals surface area contributed by atoms with Gasteiger partial charge in [-0.3, -0.25) is 4.79 Å². The van der Waals surface area contributed by atoms with Crippen LogP contribution in [0.1, 0.15) is 41.4 Å². The van der Waals surface area contributed by atoms with Gasteiger partial charge in [0.15, 0.2) is 0 Å². The lowest BCUT2D eigenvalue weighted by molar-refractivity contribution is 0.0778. The van der Waals surface area contributed by atoms with E-state index in [2.05, 4.69) is 20.5 Å². The first-order valence-electron chi connectivity index (χ1n) is 11.2. The van der Waals surface area contributed by atoms with Gasteiger partial charge in [0.2, 0.25) is 11.8 Å². The summed E-state index contributed by atoms with van der Waals surface area (Å²) in [4.78, 5) is 16.7. The van der Waals surface area contributed by atoms with Crippen LogP contribution < -0.4 is 11.1 Å². The number of carbonyl (C=O) groups excluding carboxylic acids is 1. The molecule has 3 heterocycles. The zero-order chi connectivity index (χ0) is 26.9. The second-order valence-corrected chi connectivity index (χ2v) is 9.84. The molecular formula is C25H25F2N5O4S. The highest BCUT2D eigenvalue weighted by Gasteiger charge is 2.24. The molecule has 0 bridgehead atoms. The Kier molecular flexibility index (Phi) is 7.35. The first-order valence-corrected chi connectivity index (χ1v) is 12.0. The number of nitrogens with two attached hydrogens (primary N) is 1. The number of primary amides is 1. The minimum atomic E-state index is -1.43. The number of aryl methyl sites for hydroxylation is 1. The molecule has 9 nitrogen and oxygen atoms in total. The molecule has 0 saturated heterocycles. The van der Waals surface area contributed by atoms with Crippen LogP contribution in [0.2, 0.25) is 0 Å². The molecule has 37 heavy (non-hydrogen) atoms. The molecule has 1 aromatic carbocycles. The van der Waals surface area contributed by atoms with Crippen molar-refractivity contribution in [1.29, 1.82) is 0 Å². The lowest BCUT2D eigenvalue weighted by Crippen LogP contribution is -2.16. The minimum absolute atomic E-state index is 0.0496. The monoisotopic (exact) mass is 529 g/mol. The summed E-state index contributed by atoms with van der Waals surface area (Å²) in [6.07, 6.45) is 0.480. The van der Waals surface area contributed by atoms with E-state index in [1.54, 1.807) is 26.2 Å². The Labute approximate surface area is 215 Å². The van der Waals surface area contributed by atoms with Gasteiger partial charge in [-0.2, -0.15) is 0 Å². The van der Waals surface area contributed by atoms with Crippen LogP contribution in [0.3, 0.4) is 0 Å². The Morgan fingerprint density at radius 3 is 2.51 bits per heavy atom. The molecule has 4 N–H and O–H groups in total. The topological polar surface area (TPSA) is 136 Å². The molecular weight excluding hydrogens is 504 g/mol. The van der Waals surface area contributed by atoms with E-state index in [1.807, 2.05) is 0 Å². The number of ether oxygens (including phenoxy) is 1. The van der Waals surface area contributed by atoms with Gasteiger partial charge in [-0.25, -0.2) is 13.8 Å². The molecule has 194 valence electrons. The maximum absolute atomic E-state index is 14.9. The Bertz CT molecular complexity index is 1440. The van der Waals surface area contributed by atoms with Crippen molar-refractivity contribution >= 4 is 28.1 Å². The maximum Gasteiger partial charge on any atom is 0.251 e. The number of pyridine rings is 1. The number of rotatable bonds is 9. The molecule has 0 fully saturated rings. The molecule has 4 aromatic rings. The zero-order valence-corrected chi connectivity index (χ0v) is 21.4. The van der Waals surface area contributed by atoms with Crippen LogP contribution in [-0.2, 0) is 16.8 Å². The second-order valence-electron chi connectivity index (χ2n) is 8.79. The van der Waals surface area contributed by atoms with E-state index in [9.17, 15) is 18.7 Å². The summed E-state index contributed by atoms with van der Waals surface area (Å²) in [5.41, 5.74) is 5.11. The average molecular weight is 530 g/mol. The summed E-state index contributed by atoms with van der Waals surface area (Å²) in [7, 11) is 1.58. The van der Waals surface area contributed by atoms with Gasteiger partial charge in [-0.05, 0) is 56.7 Å². The number of benzene rings is 1. The predicted molar refractivity (Wildman–Crippen MR) is 135 cm³/mol. The number of nitrogens with zero attached hydrogens (tertiary/aromatic N) is 3. The lowest BCUT2D eigenvalue weighted by atomic mass is 9.96. The predicted octanol–water partition coefficient (Wildman–Crippen LogP) is 4.71. The summed E-state index contributed by atoms with van der Waals surface area (Å²) >= 11 is 0.948. The van der Waals surface area contributed by atoms with Crippen molar-refractivity contribution in [3.8, 4) is 21.9 Å². The molecule has 0 spiro atoms. The number of thiophene rings is 1. The third kappa shape index (κ3) is 5.66. The van der Waals surface area contributed by atoms with Crippen molar-refractivity contribution in [2.24, 2.45) is 5.73 Å². The fraction of sp³-hybridized carbons (Fsp3) is 0.280. The molecule has 0 saturated carbocycles. The van der Waals surface area contributed by atoms with E-state index >= 15 is 0 Å². The van der Waals surface area contributed by atoms with E-state index in [1.165, 1.54) is 19.9 Å². The average Bonchev–Trinajstić information content (AvgIpc) is 3.44. The number of anilines is 2. The van der Waals surface area contributed by atoms with Crippen LogP contribution in [0.5, 0.6) is 0 Å². The molecule has 0 aliphatic carbocycles. The highest BCUT2D eigenvalue weighted by atomic mass is 32.1. The van der Waals surface area contributed by atoms with Gasteiger partial charge >= 0.3 is 0 Å². The molecule has 0 atom stereocenters. The first-order chi connectivity index (χ1) is 17.5. The Hall–Kier alpha value is -3.74. The van der Waals surface area contributed by atoms with Crippen LogP contribution >= 0.6 is 11.3 Å². The molecule has 0 aliphatic rings. The number of aliphatic hydroxyl groups is 1. The minimum Gasteiger partial charge on any atom is -0.421 e. The van der Waals surface area contributed by atoms with E-state index < -0.39 is 23.1 Å². The molecule has 3 aromatic heterocycles. The summed E-state index contributed by atoms with van der Waals surface area (Å²) in [6.45, 7) is 5.06. The molecule has 0 aliphatic heterocycles. The smallest absolute Gasteiger partial charge is 0.251 e. The Morgan fingerprint density at radius 1 is 1.22 bits per heavy atom. The zero-order valence-electron chi connectivity index (χ0n) is 20.6. The van der Waals surface area contributed by atoms with Gasteiger partial charge in [-0.15, -0.1) is 21.5 Å². The number of amides is 1. The maximum atomic E-state index is 14.9. The van der Waals surface area contributed by atoms with E-state index in [0.29, 0.717) is 41.9 Å². The number of methoxy groups -OCH3 is 1. The lowest BCUT2D eigenvalue weighted by Gasteiger charge is -2.18. The fourth-order valence-corrected chi connectivity index (χ4v) is 4.70. The third-order valence-corrected chi connectivity index (χ3v) is 6.61. The van der Waals surface area contributed by atoms with Crippen molar-refractivity contribution in [2.75, 3.05) is 19.0 Å². The van der Waals surface area contributed by atoms with Crippen LogP contribution in [0.15, 0.2) is 34.7 Å². The van der Waals surface area contributed by atoms with Crippen molar-refractivity contribution in [2.45, 2.75) is 32.8 Å². The Morgan fingerprint density at radius 2 is 1.92 bits per heavy atom.